The van der Waals surface area contributed by atoms with Crippen LogP contribution in [0.3, 0.4) is 0 Å². The normalized spacial score (nSPS) is 13.0. The predicted octanol–water partition coefficient (Wildman–Crippen LogP) is 3.69. The lowest BCUT2D eigenvalue weighted by atomic mass is 9.99. The van der Waals surface area contributed by atoms with Crippen molar-refractivity contribution in [1.82, 2.24) is 9.97 Å². The zero-order valence-electron chi connectivity index (χ0n) is 17.1. The van der Waals surface area contributed by atoms with Gasteiger partial charge in [-0.05, 0) is 41.3 Å². The average Bonchev–Trinajstić information content (AvgIpc) is 2.78. The molecule has 2 heterocycles. The molecule has 4 rings (SSSR count). The zero-order chi connectivity index (χ0) is 20.2. The van der Waals surface area contributed by atoms with E-state index >= 15 is 0 Å². The largest absolute Gasteiger partial charge is 0.493 e. The van der Waals surface area contributed by atoms with Crippen molar-refractivity contribution in [2.75, 3.05) is 37.6 Å². The van der Waals surface area contributed by atoms with E-state index in [0.717, 1.165) is 49.3 Å². The minimum absolute atomic E-state index is 0.726. The van der Waals surface area contributed by atoms with Gasteiger partial charge in [0, 0.05) is 32.9 Å². The summed E-state index contributed by atoms with van der Waals surface area (Å²) >= 11 is 0. The van der Waals surface area contributed by atoms with Crippen LogP contribution in [-0.4, -0.2) is 37.8 Å². The molecule has 1 aliphatic heterocycles. The number of anilines is 2. The first-order valence-corrected chi connectivity index (χ1v) is 9.74. The summed E-state index contributed by atoms with van der Waals surface area (Å²) in [5, 5.41) is 0. The molecule has 1 aliphatic rings. The summed E-state index contributed by atoms with van der Waals surface area (Å²) in [6.07, 6.45) is 2.78. The average molecular weight is 390 g/mol. The highest BCUT2D eigenvalue weighted by Gasteiger charge is 2.21. The molecule has 0 amide bonds. The maximum atomic E-state index is 5.47. The van der Waals surface area contributed by atoms with Crippen LogP contribution in [0.1, 0.15) is 16.7 Å². The van der Waals surface area contributed by atoms with Crippen molar-refractivity contribution >= 4 is 11.8 Å². The fourth-order valence-electron chi connectivity index (χ4n) is 3.71. The van der Waals surface area contributed by atoms with Crippen LogP contribution in [0.5, 0.6) is 11.5 Å². The van der Waals surface area contributed by atoms with Gasteiger partial charge in [0.15, 0.2) is 11.5 Å². The standard InChI is InChI=1S/C23H26N4O2/c1-26(15-17-7-5-4-6-8-17)23-24-11-9-22(25-23)27-12-10-18-13-20(28-2)21(29-3)14-19(18)16-27/h4-9,11,13-14H,10,12,15-16H2,1-3H3. The van der Waals surface area contributed by atoms with Gasteiger partial charge in [-0.3, -0.25) is 0 Å². The smallest absolute Gasteiger partial charge is 0.227 e. The SMILES string of the molecule is COc1cc2c(cc1OC)CN(c1ccnc(N(C)Cc3ccccc3)n1)CC2. The van der Waals surface area contributed by atoms with Crippen LogP contribution in [-0.2, 0) is 19.5 Å². The van der Waals surface area contributed by atoms with Gasteiger partial charge in [0.2, 0.25) is 5.95 Å². The van der Waals surface area contributed by atoms with Gasteiger partial charge < -0.3 is 19.3 Å². The fraction of sp³-hybridized carbons (Fsp3) is 0.304. The predicted molar refractivity (Wildman–Crippen MR) is 115 cm³/mol. The van der Waals surface area contributed by atoms with E-state index in [0.29, 0.717) is 0 Å². The van der Waals surface area contributed by atoms with Crippen LogP contribution in [0, 0.1) is 0 Å². The third-order valence-electron chi connectivity index (χ3n) is 5.27. The maximum Gasteiger partial charge on any atom is 0.227 e. The van der Waals surface area contributed by atoms with Crippen molar-refractivity contribution in [3.05, 3.63) is 71.4 Å². The first-order chi connectivity index (χ1) is 14.2. The fourth-order valence-corrected chi connectivity index (χ4v) is 3.71. The van der Waals surface area contributed by atoms with Crippen LogP contribution < -0.4 is 19.3 Å². The molecule has 1 aromatic heterocycles. The molecule has 29 heavy (non-hydrogen) atoms. The maximum absolute atomic E-state index is 5.47. The lowest BCUT2D eigenvalue weighted by molar-refractivity contribution is 0.353. The lowest BCUT2D eigenvalue weighted by Gasteiger charge is -2.31. The topological polar surface area (TPSA) is 50.7 Å². The van der Waals surface area contributed by atoms with Crippen LogP contribution >= 0.6 is 0 Å². The van der Waals surface area contributed by atoms with E-state index in [1.807, 2.05) is 25.4 Å². The second-order valence-electron chi connectivity index (χ2n) is 7.20. The van der Waals surface area contributed by atoms with Gasteiger partial charge in [-0.15, -0.1) is 0 Å². The Balaban J connectivity index is 1.53. The Morgan fingerprint density at radius 2 is 1.72 bits per heavy atom. The molecule has 0 saturated carbocycles. The molecular weight excluding hydrogens is 364 g/mol. The molecular formula is C23H26N4O2. The van der Waals surface area contributed by atoms with Gasteiger partial charge in [-0.25, -0.2) is 4.98 Å². The number of nitrogens with zero attached hydrogens (tertiary/aromatic N) is 4. The summed E-state index contributed by atoms with van der Waals surface area (Å²) in [4.78, 5) is 13.7. The van der Waals surface area contributed by atoms with Crippen LogP contribution in [0.25, 0.3) is 0 Å². The minimum atomic E-state index is 0.726. The summed E-state index contributed by atoms with van der Waals surface area (Å²) in [5.74, 6) is 3.21. The lowest BCUT2D eigenvalue weighted by Crippen LogP contribution is -2.31. The van der Waals surface area contributed by atoms with Crippen molar-refractivity contribution in [2.24, 2.45) is 0 Å². The van der Waals surface area contributed by atoms with Crippen molar-refractivity contribution in [1.29, 1.82) is 0 Å². The van der Waals surface area contributed by atoms with Gasteiger partial charge in [0.1, 0.15) is 5.82 Å². The Morgan fingerprint density at radius 3 is 2.45 bits per heavy atom. The molecule has 2 aromatic carbocycles. The number of ether oxygens (including phenoxy) is 2. The molecule has 6 nitrogen and oxygen atoms in total. The summed E-state index contributed by atoms with van der Waals surface area (Å²) in [6, 6.07) is 16.5. The molecule has 0 aliphatic carbocycles. The summed E-state index contributed by atoms with van der Waals surface area (Å²) in [5.41, 5.74) is 3.78. The molecule has 0 N–H and O–H groups in total. The summed E-state index contributed by atoms with van der Waals surface area (Å²) < 4.78 is 10.9. The third-order valence-corrected chi connectivity index (χ3v) is 5.27. The van der Waals surface area contributed by atoms with Crippen LogP contribution in [0.2, 0.25) is 0 Å². The van der Waals surface area contributed by atoms with Crippen LogP contribution in [0.15, 0.2) is 54.7 Å². The molecule has 3 aromatic rings. The van der Waals surface area contributed by atoms with E-state index in [9.17, 15) is 0 Å². The van der Waals surface area contributed by atoms with Crippen molar-refractivity contribution in [3.8, 4) is 11.5 Å². The molecule has 0 fully saturated rings. The van der Waals surface area contributed by atoms with Crippen molar-refractivity contribution in [2.45, 2.75) is 19.5 Å². The number of methoxy groups -OCH3 is 2. The molecule has 0 bridgehead atoms. The quantitative estimate of drug-likeness (QED) is 0.640. The summed E-state index contributed by atoms with van der Waals surface area (Å²) in [7, 11) is 5.37. The second kappa shape index (κ2) is 8.39. The van der Waals surface area contributed by atoms with E-state index in [1.165, 1.54) is 16.7 Å². The molecule has 6 heteroatoms. The first kappa shape index (κ1) is 19.1. The monoisotopic (exact) mass is 390 g/mol. The summed E-state index contributed by atoms with van der Waals surface area (Å²) in [6.45, 7) is 2.46. The molecule has 150 valence electrons. The van der Waals surface area contributed by atoms with E-state index < -0.39 is 0 Å². The zero-order valence-corrected chi connectivity index (χ0v) is 17.1. The minimum Gasteiger partial charge on any atom is -0.493 e. The van der Waals surface area contributed by atoms with E-state index in [4.69, 9.17) is 14.5 Å². The Kier molecular flexibility index (Phi) is 5.51. The number of rotatable bonds is 6. The van der Waals surface area contributed by atoms with E-state index in [2.05, 4.69) is 51.2 Å². The van der Waals surface area contributed by atoms with Gasteiger partial charge >= 0.3 is 0 Å². The Morgan fingerprint density at radius 1 is 1.00 bits per heavy atom. The molecule has 0 radical (unpaired) electrons. The number of hydrogen-bond donors (Lipinski definition) is 0. The van der Waals surface area contributed by atoms with Crippen LogP contribution in [0.4, 0.5) is 11.8 Å². The highest BCUT2D eigenvalue weighted by atomic mass is 16.5. The molecule has 0 spiro atoms. The number of hydrogen-bond acceptors (Lipinski definition) is 6. The molecule has 0 atom stereocenters. The number of fused-ring (bicyclic) bond motifs is 1. The van der Waals surface area contributed by atoms with Crippen molar-refractivity contribution in [3.63, 3.8) is 0 Å². The Labute approximate surface area is 171 Å². The van der Waals surface area contributed by atoms with Crippen molar-refractivity contribution < 1.29 is 9.47 Å². The highest BCUT2D eigenvalue weighted by molar-refractivity contribution is 5.52. The van der Waals surface area contributed by atoms with Gasteiger partial charge in [0.25, 0.3) is 0 Å². The second-order valence-corrected chi connectivity index (χ2v) is 7.20. The molecule has 0 saturated heterocycles. The number of benzene rings is 2. The Hall–Kier alpha value is -3.28. The third kappa shape index (κ3) is 4.11. The Bertz CT molecular complexity index is 978. The highest BCUT2D eigenvalue weighted by Crippen LogP contribution is 2.34. The number of aromatic nitrogens is 2. The van der Waals surface area contributed by atoms with Gasteiger partial charge in [-0.2, -0.15) is 4.98 Å². The van der Waals surface area contributed by atoms with E-state index in [-0.39, 0.29) is 0 Å². The molecule has 0 unspecified atom stereocenters. The van der Waals surface area contributed by atoms with Gasteiger partial charge in [-0.1, -0.05) is 30.3 Å². The van der Waals surface area contributed by atoms with Gasteiger partial charge in [0.05, 0.1) is 14.2 Å². The van der Waals surface area contributed by atoms with E-state index in [1.54, 1.807) is 14.2 Å². The first-order valence-electron chi connectivity index (χ1n) is 9.74.